The third kappa shape index (κ3) is 5.10. The summed E-state index contributed by atoms with van der Waals surface area (Å²) in [6.45, 7) is 3.45. The predicted octanol–water partition coefficient (Wildman–Crippen LogP) is 0.436. The van der Waals surface area contributed by atoms with E-state index in [0.717, 1.165) is 5.71 Å². The summed E-state index contributed by atoms with van der Waals surface area (Å²) < 4.78 is 0. The Labute approximate surface area is 83.8 Å². The molecule has 1 heterocycles. The summed E-state index contributed by atoms with van der Waals surface area (Å²) in [6.07, 6.45) is 1.67. The van der Waals surface area contributed by atoms with Crippen molar-refractivity contribution in [1.82, 2.24) is 5.32 Å². The number of hydrogen-bond donors (Lipinski definition) is 1. The minimum absolute atomic E-state index is 0. The van der Waals surface area contributed by atoms with Crippen molar-refractivity contribution in [3.8, 4) is 11.8 Å². The number of rotatable bonds is 2. The molecule has 0 saturated heterocycles. The Hall–Kier alpha value is -1.21. The van der Waals surface area contributed by atoms with Crippen LogP contribution in [-0.4, -0.2) is 31.7 Å². The molecule has 0 atom stereocenters. The number of hydrogen-bond acceptors (Lipinski definition) is 4. The van der Waals surface area contributed by atoms with Gasteiger partial charge >= 0.3 is 0 Å². The van der Waals surface area contributed by atoms with E-state index in [4.69, 9.17) is 4.84 Å². The van der Waals surface area contributed by atoms with Gasteiger partial charge in [0.15, 0.2) is 6.61 Å². The maximum atomic E-state index is 4.91. The standard InChI is InChI=1S/C8H11N3O.ClH/c1-2-3-4-12-11-8-5-9-7-10-6-8;/h7H,4-6H2,1H3,(H,9,10);1H. The number of aliphatic imine (C=N–C) groups is 1. The Balaban J connectivity index is 0.00000144. The molecule has 0 aromatic rings. The lowest BCUT2D eigenvalue weighted by Crippen LogP contribution is -2.28. The molecule has 0 radical (unpaired) electrons. The quantitative estimate of drug-likeness (QED) is 0.400. The predicted molar refractivity (Wildman–Crippen MR) is 55.4 cm³/mol. The molecule has 72 valence electrons. The van der Waals surface area contributed by atoms with E-state index in [0.29, 0.717) is 19.7 Å². The van der Waals surface area contributed by atoms with Crippen molar-refractivity contribution >= 4 is 24.5 Å². The Kier molecular flexibility index (Phi) is 6.75. The number of nitrogens with zero attached hydrogens (tertiary/aromatic N) is 2. The van der Waals surface area contributed by atoms with Crippen molar-refractivity contribution in [1.29, 1.82) is 0 Å². The molecule has 0 saturated carbocycles. The highest BCUT2D eigenvalue weighted by Gasteiger charge is 2.00. The monoisotopic (exact) mass is 201 g/mol. The lowest BCUT2D eigenvalue weighted by molar-refractivity contribution is 0.178. The summed E-state index contributed by atoms with van der Waals surface area (Å²) in [7, 11) is 0. The van der Waals surface area contributed by atoms with Gasteiger partial charge in [0.1, 0.15) is 0 Å². The fourth-order valence-electron chi connectivity index (χ4n) is 0.724. The van der Waals surface area contributed by atoms with Gasteiger partial charge in [0.05, 0.1) is 25.1 Å². The number of oxime groups is 1. The van der Waals surface area contributed by atoms with Crippen LogP contribution in [0.3, 0.4) is 0 Å². The van der Waals surface area contributed by atoms with E-state index in [1.54, 1.807) is 13.3 Å². The van der Waals surface area contributed by atoms with Crippen LogP contribution in [0, 0.1) is 11.8 Å². The molecule has 1 rings (SSSR count). The van der Waals surface area contributed by atoms with E-state index in [2.05, 4.69) is 27.3 Å². The summed E-state index contributed by atoms with van der Waals surface area (Å²) in [5.74, 6) is 5.47. The van der Waals surface area contributed by atoms with Gasteiger partial charge in [-0.05, 0) is 6.92 Å². The Morgan fingerprint density at radius 1 is 1.77 bits per heavy atom. The van der Waals surface area contributed by atoms with E-state index in [-0.39, 0.29) is 12.4 Å². The molecule has 0 amide bonds. The molecular weight excluding hydrogens is 190 g/mol. The van der Waals surface area contributed by atoms with Crippen molar-refractivity contribution in [2.24, 2.45) is 10.1 Å². The zero-order chi connectivity index (χ0) is 8.65. The minimum Gasteiger partial charge on any atom is -0.383 e. The number of nitrogens with one attached hydrogen (secondary N) is 1. The highest BCUT2D eigenvalue weighted by atomic mass is 35.5. The first-order valence-electron chi connectivity index (χ1n) is 3.72. The molecule has 0 aromatic heterocycles. The lowest BCUT2D eigenvalue weighted by Gasteiger charge is -2.07. The SMILES string of the molecule is CC#CCO/N=C1/CN=CNC1.Cl. The second-order valence-electron chi connectivity index (χ2n) is 2.21. The topological polar surface area (TPSA) is 46.0 Å². The van der Waals surface area contributed by atoms with Crippen molar-refractivity contribution in [2.75, 3.05) is 19.7 Å². The van der Waals surface area contributed by atoms with Crippen LogP contribution >= 0.6 is 12.4 Å². The average molecular weight is 202 g/mol. The molecule has 0 aliphatic carbocycles. The van der Waals surface area contributed by atoms with E-state index >= 15 is 0 Å². The van der Waals surface area contributed by atoms with Gasteiger partial charge in [0, 0.05) is 0 Å². The van der Waals surface area contributed by atoms with Crippen LogP contribution in [-0.2, 0) is 4.84 Å². The van der Waals surface area contributed by atoms with Gasteiger partial charge in [-0.3, -0.25) is 4.99 Å². The molecule has 1 aliphatic rings. The summed E-state index contributed by atoms with van der Waals surface area (Å²) in [4.78, 5) is 8.89. The smallest absolute Gasteiger partial charge is 0.177 e. The third-order valence-corrected chi connectivity index (χ3v) is 1.27. The Morgan fingerprint density at radius 3 is 3.23 bits per heavy atom. The summed E-state index contributed by atoms with van der Waals surface area (Å²) >= 11 is 0. The molecule has 1 aliphatic heterocycles. The van der Waals surface area contributed by atoms with Gasteiger partial charge in [-0.2, -0.15) is 0 Å². The minimum atomic E-state index is 0. The first-order chi connectivity index (χ1) is 5.93. The van der Waals surface area contributed by atoms with Gasteiger partial charge in [0.2, 0.25) is 0 Å². The van der Waals surface area contributed by atoms with Crippen molar-refractivity contribution in [3.63, 3.8) is 0 Å². The summed E-state index contributed by atoms with van der Waals surface area (Å²) in [6, 6.07) is 0. The van der Waals surface area contributed by atoms with E-state index in [9.17, 15) is 0 Å². The first-order valence-corrected chi connectivity index (χ1v) is 3.72. The molecule has 0 bridgehead atoms. The van der Waals surface area contributed by atoms with Crippen LogP contribution in [0.2, 0.25) is 0 Å². The van der Waals surface area contributed by atoms with Gasteiger partial charge in [-0.15, -0.1) is 18.3 Å². The van der Waals surface area contributed by atoms with Gasteiger partial charge < -0.3 is 10.2 Å². The normalized spacial score (nSPS) is 16.5. The second-order valence-corrected chi connectivity index (χ2v) is 2.21. The molecule has 13 heavy (non-hydrogen) atoms. The second kappa shape index (κ2) is 7.44. The van der Waals surface area contributed by atoms with E-state index in [1.165, 1.54) is 0 Å². The zero-order valence-corrected chi connectivity index (χ0v) is 8.23. The summed E-state index contributed by atoms with van der Waals surface area (Å²) in [5.41, 5.74) is 0.899. The van der Waals surface area contributed by atoms with Crippen LogP contribution in [0.25, 0.3) is 0 Å². The third-order valence-electron chi connectivity index (χ3n) is 1.27. The highest BCUT2D eigenvalue weighted by molar-refractivity contribution is 5.92. The first kappa shape index (κ1) is 11.8. The highest BCUT2D eigenvalue weighted by Crippen LogP contribution is 1.85. The molecule has 0 aromatic carbocycles. The van der Waals surface area contributed by atoms with Gasteiger partial charge in [-0.25, -0.2) is 0 Å². The largest absolute Gasteiger partial charge is 0.383 e. The van der Waals surface area contributed by atoms with Crippen molar-refractivity contribution in [2.45, 2.75) is 6.92 Å². The fourth-order valence-corrected chi connectivity index (χ4v) is 0.724. The van der Waals surface area contributed by atoms with Crippen LogP contribution in [0.4, 0.5) is 0 Å². The molecule has 0 unspecified atom stereocenters. The lowest BCUT2D eigenvalue weighted by atomic mass is 10.3. The molecular formula is C8H12ClN3O. The number of halogens is 1. The fraction of sp³-hybridized carbons (Fsp3) is 0.500. The van der Waals surface area contributed by atoms with E-state index in [1.807, 2.05) is 0 Å². The van der Waals surface area contributed by atoms with Crippen LogP contribution in [0.1, 0.15) is 6.92 Å². The summed E-state index contributed by atoms with van der Waals surface area (Å²) in [5, 5.41) is 6.80. The average Bonchev–Trinajstić information content (AvgIpc) is 2.14. The van der Waals surface area contributed by atoms with Crippen LogP contribution in [0.15, 0.2) is 10.1 Å². The van der Waals surface area contributed by atoms with Crippen molar-refractivity contribution in [3.05, 3.63) is 0 Å². The molecule has 4 nitrogen and oxygen atoms in total. The zero-order valence-electron chi connectivity index (χ0n) is 7.41. The molecule has 0 fully saturated rings. The molecule has 5 heteroatoms. The van der Waals surface area contributed by atoms with Gasteiger partial charge in [-0.1, -0.05) is 11.1 Å². The van der Waals surface area contributed by atoms with E-state index < -0.39 is 0 Å². The van der Waals surface area contributed by atoms with Crippen LogP contribution in [0.5, 0.6) is 0 Å². The Morgan fingerprint density at radius 2 is 2.62 bits per heavy atom. The van der Waals surface area contributed by atoms with Crippen LogP contribution < -0.4 is 5.32 Å². The maximum Gasteiger partial charge on any atom is 0.177 e. The van der Waals surface area contributed by atoms with Gasteiger partial charge in [0.25, 0.3) is 0 Å². The van der Waals surface area contributed by atoms with Crippen molar-refractivity contribution < 1.29 is 4.84 Å². The molecule has 1 N–H and O–H groups in total. The Bertz CT molecular complexity index is 252. The maximum absolute atomic E-state index is 4.91. The molecule has 0 spiro atoms.